The molecule has 3 aromatic rings. The molecule has 0 unspecified atom stereocenters. The van der Waals surface area contributed by atoms with E-state index in [0.29, 0.717) is 34.4 Å². The summed E-state index contributed by atoms with van der Waals surface area (Å²) < 4.78 is 10.8. The molecule has 0 atom stereocenters. The molecule has 7 heteroatoms. The molecule has 0 saturated carbocycles. The maximum absolute atomic E-state index is 12.6. The molecule has 5 nitrogen and oxygen atoms in total. The zero-order valence-electron chi connectivity index (χ0n) is 15.2. The molecule has 0 aliphatic carbocycles. The Balaban J connectivity index is 1.78. The number of methoxy groups -OCH3 is 1. The molecule has 0 spiro atoms. The summed E-state index contributed by atoms with van der Waals surface area (Å²) >= 11 is 7.84. The highest BCUT2D eigenvalue weighted by molar-refractivity contribution is 7.09. The average molecular weight is 403 g/mol. The van der Waals surface area contributed by atoms with E-state index in [2.05, 4.69) is 10.3 Å². The van der Waals surface area contributed by atoms with E-state index >= 15 is 0 Å². The standard InChI is InChI=1S/C20H19ClN2O3S/c1-4-26-19-16(21)9-14(10-18(19)25-3)20(24)23-15-7-5-13(6-8-15)17-11-27-12(2)22-17/h5-11H,4H2,1-3H3,(H,23,24). The number of benzene rings is 2. The number of ether oxygens (including phenoxy) is 2. The molecule has 0 bridgehead atoms. The summed E-state index contributed by atoms with van der Waals surface area (Å²) in [6.07, 6.45) is 0. The van der Waals surface area contributed by atoms with Crippen LogP contribution in [0.25, 0.3) is 11.3 Å². The maximum Gasteiger partial charge on any atom is 0.255 e. The van der Waals surface area contributed by atoms with Gasteiger partial charge in [-0.25, -0.2) is 4.98 Å². The van der Waals surface area contributed by atoms with Crippen molar-refractivity contribution in [1.29, 1.82) is 0 Å². The summed E-state index contributed by atoms with van der Waals surface area (Å²) in [5.41, 5.74) is 3.00. The molecule has 0 aliphatic rings. The molecular formula is C20H19ClN2O3S. The SMILES string of the molecule is CCOc1c(Cl)cc(C(=O)Nc2ccc(-c3csc(C)n3)cc2)cc1OC. The number of anilines is 1. The molecule has 0 fully saturated rings. The van der Waals surface area contributed by atoms with Crippen LogP contribution in [-0.2, 0) is 0 Å². The Bertz CT molecular complexity index is 954. The van der Waals surface area contributed by atoms with Crippen LogP contribution in [0, 0.1) is 6.92 Å². The number of hydrogen-bond acceptors (Lipinski definition) is 5. The molecule has 0 radical (unpaired) electrons. The van der Waals surface area contributed by atoms with Crippen molar-refractivity contribution in [3.05, 3.63) is 57.4 Å². The van der Waals surface area contributed by atoms with E-state index in [0.717, 1.165) is 16.3 Å². The smallest absolute Gasteiger partial charge is 0.255 e. The molecule has 140 valence electrons. The van der Waals surface area contributed by atoms with Crippen molar-refractivity contribution in [3.8, 4) is 22.8 Å². The van der Waals surface area contributed by atoms with Crippen molar-refractivity contribution in [2.45, 2.75) is 13.8 Å². The topological polar surface area (TPSA) is 60.5 Å². The number of rotatable bonds is 6. The summed E-state index contributed by atoms with van der Waals surface area (Å²) in [4.78, 5) is 17.0. The van der Waals surface area contributed by atoms with Crippen LogP contribution in [-0.4, -0.2) is 24.6 Å². The molecular weight excluding hydrogens is 384 g/mol. The Morgan fingerprint density at radius 1 is 1.26 bits per heavy atom. The molecule has 2 aromatic carbocycles. The lowest BCUT2D eigenvalue weighted by atomic mass is 10.1. The van der Waals surface area contributed by atoms with Gasteiger partial charge in [0.05, 0.1) is 29.4 Å². The van der Waals surface area contributed by atoms with Gasteiger partial charge in [-0.05, 0) is 38.1 Å². The second kappa shape index (κ2) is 8.41. The molecule has 1 aromatic heterocycles. The Morgan fingerprint density at radius 3 is 2.59 bits per heavy atom. The van der Waals surface area contributed by atoms with E-state index in [1.807, 2.05) is 43.5 Å². The highest BCUT2D eigenvalue weighted by Crippen LogP contribution is 2.36. The van der Waals surface area contributed by atoms with Gasteiger partial charge in [0.25, 0.3) is 5.91 Å². The minimum atomic E-state index is -0.282. The highest BCUT2D eigenvalue weighted by atomic mass is 35.5. The first-order valence-electron chi connectivity index (χ1n) is 8.36. The quantitative estimate of drug-likeness (QED) is 0.597. The highest BCUT2D eigenvalue weighted by Gasteiger charge is 2.16. The summed E-state index contributed by atoms with van der Waals surface area (Å²) in [6.45, 7) is 4.28. The molecule has 0 saturated heterocycles. The van der Waals surface area contributed by atoms with Gasteiger partial charge in [-0.1, -0.05) is 23.7 Å². The van der Waals surface area contributed by atoms with Crippen LogP contribution in [0.3, 0.4) is 0 Å². The third-order valence-corrected chi connectivity index (χ3v) is 4.89. The van der Waals surface area contributed by atoms with E-state index in [-0.39, 0.29) is 5.91 Å². The van der Waals surface area contributed by atoms with Gasteiger partial charge in [0.2, 0.25) is 0 Å². The van der Waals surface area contributed by atoms with Crippen LogP contribution in [0.2, 0.25) is 5.02 Å². The fourth-order valence-corrected chi connectivity index (χ4v) is 3.45. The van der Waals surface area contributed by atoms with Crippen molar-refractivity contribution in [2.75, 3.05) is 19.0 Å². The van der Waals surface area contributed by atoms with Crippen molar-refractivity contribution >= 4 is 34.5 Å². The van der Waals surface area contributed by atoms with Gasteiger partial charge in [0, 0.05) is 22.2 Å². The number of nitrogens with zero attached hydrogens (tertiary/aromatic N) is 1. The summed E-state index contributed by atoms with van der Waals surface area (Å²) in [7, 11) is 1.51. The van der Waals surface area contributed by atoms with Gasteiger partial charge >= 0.3 is 0 Å². The normalized spacial score (nSPS) is 10.5. The predicted octanol–water partition coefficient (Wildman–Crippen LogP) is 5.43. The Kier molecular flexibility index (Phi) is 5.98. The van der Waals surface area contributed by atoms with E-state index in [4.69, 9.17) is 21.1 Å². The van der Waals surface area contributed by atoms with E-state index in [1.165, 1.54) is 7.11 Å². The number of carbonyl (C=O) groups excluding carboxylic acids is 1. The number of aromatic nitrogens is 1. The van der Waals surface area contributed by atoms with Crippen LogP contribution in [0.15, 0.2) is 41.8 Å². The van der Waals surface area contributed by atoms with Crippen LogP contribution in [0.1, 0.15) is 22.3 Å². The number of halogens is 1. The number of nitrogens with one attached hydrogen (secondary N) is 1. The Hall–Kier alpha value is -2.57. The minimum absolute atomic E-state index is 0.282. The Labute approximate surface area is 166 Å². The van der Waals surface area contributed by atoms with Crippen molar-refractivity contribution < 1.29 is 14.3 Å². The molecule has 3 rings (SSSR count). The van der Waals surface area contributed by atoms with E-state index in [9.17, 15) is 4.79 Å². The fourth-order valence-electron chi connectivity index (χ4n) is 2.56. The minimum Gasteiger partial charge on any atom is -0.493 e. The first-order chi connectivity index (χ1) is 13.0. The zero-order chi connectivity index (χ0) is 19.4. The lowest BCUT2D eigenvalue weighted by Crippen LogP contribution is -2.12. The van der Waals surface area contributed by atoms with Crippen molar-refractivity contribution in [2.24, 2.45) is 0 Å². The summed E-state index contributed by atoms with van der Waals surface area (Å²) in [6, 6.07) is 10.7. The van der Waals surface area contributed by atoms with Crippen molar-refractivity contribution in [1.82, 2.24) is 4.98 Å². The molecule has 1 N–H and O–H groups in total. The first kappa shape index (κ1) is 19.2. The molecule has 27 heavy (non-hydrogen) atoms. The lowest BCUT2D eigenvalue weighted by molar-refractivity contribution is 0.102. The maximum atomic E-state index is 12.6. The number of thiazole rings is 1. The van der Waals surface area contributed by atoms with Crippen LogP contribution in [0.5, 0.6) is 11.5 Å². The number of amides is 1. The molecule has 1 amide bonds. The fraction of sp³-hybridized carbons (Fsp3) is 0.200. The second-order valence-electron chi connectivity index (χ2n) is 5.71. The largest absolute Gasteiger partial charge is 0.493 e. The first-order valence-corrected chi connectivity index (χ1v) is 9.61. The van der Waals surface area contributed by atoms with Crippen LogP contribution >= 0.6 is 22.9 Å². The Morgan fingerprint density at radius 2 is 2.00 bits per heavy atom. The monoisotopic (exact) mass is 402 g/mol. The van der Waals surface area contributed by atoms with Gasteiger partial charge in [-0.3, -0.25) is 4.79 Å². The van der Waals surface area contributed by atoms with Crippen LogP contribution in [0.4, 0.5) is 5.69 Å². The summed E-state index contributed by atoms with van der Waals surface area (Å²) in [5.74, 6) is 0.570. The van der Waals surface area contributed by atoms with Gasteiger partial charge in [-0.15, -0.1) is 11.3 Å². The van der Waals surface area contributed by atoms with E-state index < -0.39 is 0 Å². The number of carbonyl (C=O) groups is 1. The average Bonchev–Trinajstić information content (AvgIpc) is 3.10. The van der Waals surface area contributed by atoms with Crippen LogP contribution < -0.4 is 14.8 Å². The van der Waals surface area contributed by atoms with Gasteiger partial charge < -0.3 is 14.8 Å². The number of hydrogen-bond donors (Lipinski definition) is 1. The van der Waals surface area contributed by atoms with Gasteiger partial charge in [0.15, 0.2) is 11.5 Å². The van der Waals surface area contributed by atoms with Gasteiger partial charge in [-0.2, -0.15) is 0 Å². The van der Waals surface area contributed by atoms with Gasteiger partial charge in [0.1, 0.15) is 0 Å². The lowest BCUT2D eigenvalue weighted by Gasteiger charge is -2.13. The second-order valence-corrected chi connectivity index (χ2v) is 7.18. The summed E-state index contributed by atoms with van der Waals surface area (Å²) in [5, 5.41) is 6.22. The zero-order valence-corrected chi connectivity index (χ0v) is 16.8. The van der Waals surface area contributed by atoms with Crippen molar-refractivity contribution in [3.63, 3.8) is 0 Å². The predicted molar refractivity (Wildman–Crippen MR) is 109 cm³/mol. The third-order valence-electron chi connectivity index (χ3n) is 3.84. The molecule has 1 heterocycles. The third kappa shape index (κ3) is 4.40. The number of aryl methyl sites for hydroxylation is 1. The molecule has 0 aliphatic heterocycles. The van der Waals surface area contributed by atoms with E-state index in [1.54, 1.807) is 23.5 Å².